The van der Waals surface area contributed by atoms with Crippen LogP contribution in [0.1, 0.15) is 34.3 Å². The molecule has 0 bridgehead atoms. The molecule has 36 heavy (non-hydrogen) atoms. The van der Waals surface area contributed by atoms with E-state index < -0.39 is 6.03 Å². The molecule has 0 aliphatic carbocycles. The number of anilines is 3. The zero-order chi connectivity index (χ0) is 25.5. The number of nitrogens with zero attached hydrogens (tertiary/aromatic N) is 1. The third kappa shape index (κ3) is 6.07. The lowest BCUT2D eigenvalue weighted by atomic mass is 10.1. The second kappa shape index (κ2) is 11.5. The Bertz CT molecular complexity index is 1240. The normalized spacial score (nSPS) is 12.7. The largest absolute Gasteiger partial charge is 0.497 e. The molecule has 3 aromatic rings. The number of urea groups is 1. The fourth-order valence-electron chi connectivity index (χ4n) is 4.27. The van der Waals surface area contributed by atoms with Crippen molar-refractivity contribution in [3.05, 3.63) is 77.4 Å². The van der Waals surface area contributed by atoms with E-state index in [1.807, 2.05) is 55.5 Å². The zero-order valence-electron chi connectivity index (χ0n) is 20.9. The molecular formula is C28H32N4O4. The van der Waals surface area contributed by atoms with Crippen LogP contribution in [0.5, 0.6) is 11.5 Å². The van der Waals surface area contributed by atoms with Gasteiger partial charge in [0.15, 0.2) is 0 Å². The fourth-order valence-corrected chi connectivity index (χ4v) is 4.27. The molecule has 4 rings (SSSR count). The molecule has 1 fully saturated rings. The van der Waals surface area contributed by atoms with E-state index in [0.717, 1.165) is 48.5 Å². The molecule has 0 radical (unpaired) electrons. The Morgan fingerprint density at radius 2 is 1.67 bits per heavy atom. The number of methoxy groups -OCH3 is 2. The SMILES string of the molecule is COc1cccc(CNC(=O)c2ccc(N3CCCC3)c(NC(=O)Nc3cc(C)ccc3OC)c2)c1. The van der Waals surface area contributed by atoms with Crippen LogP contribution in [-0.2, 0) is 6.54 Å². The van der Waals surface area contributed by atoms with Gasteiger partial charge in [-0.25, -0.2) is 4.79 Å². The summed E-state index contributed by atoms with van der Waals surface area (Å²) in [5.74, 6) is 1.08. The van der Waals surface area contributed by atoms with E-state index in [-0.39, 0.29) is 5.91 Å². The molecule has 188 valence electrons. The van der Waals surface area contributed by atoms with Crippen molar-refractivity contribution in [1.29, 1.82) is 0 Å². The van der Waals surface area contributed by atoms with Gasteiger partial charge in [0.2, 0.25) is 0 Å². The molecular weight excluding hydrogens is 456 g/mol. The molecule has 8 heteroatoms. The summed E-state index contributed by atoms with van der Waals surface area (Å²) in [6.45, 7) is 4.12. The highest BCUT2D eigenvalue weighted by molar-refractivity contribution is 6.04. The lowest BCUT2D eigenvalue weighted by Crippen LogP contribution is -2.26. The highest BCUT2D eigenvalue weighted by Crippen LogP contribution is 2.31. The first-order valence-electron chi connectivity index (χ1n) is 12.0. The molecule has 8 nitrogen and oxygen atoms in total. The molecule has 3 amide bonds. The summed E-state index contributed by atoms with van der Waals surface area (Å²) in [5.41, 5.74) is 4.44. The highest BCUT2D eigenvalue weighted by atomic mass is 16.5. The average Bonchev–Trinajstić information content (AvgIpc) is 3.42. The molecule has 1 heterocycles. The van der Waals surface area contributed by atoms with Gasteiger partial charge in [-0.2, -0.15) is 0 Å². The molecule has 1 saturated heterocycles. The number of carbonyl (C=O) groups excluding carboxylic acids is 2. The number of ether oxygens (including phenoxy) is 2. The molecule has 0 saturated carbocycles. The number of hydrogen-bond donors (Lipinski definition) is 3. The third-order valence-electron chi connectivity index (χ3n) is 6.14. The summed E-state index contributed by atoms with van der Waals surface area (Å²) in [6, 6.07) is 18.1. The lowest BCUT2D eigenvalue weighted by Gasteiger charge is -2.22. The molecule has 0 aromatic heterocycles. The van der Waals surface area contributed by atoms with E-state index in [2.05, 4.69) is 20.9 Å². The second-order valence-corrected chi connectivity index (χ2v) is 8.74. The number of amides is 3. The van der Waals surface area contributed by atoms with Crippen LogP contribution in [-0.4, -0.2) is 39.2 Å². The minimum atomic E-state index is -0.409. The maximum absolute atomic E-state index is 13.0. The fraction of sp³-hybridized carbons (Fsp3) is 0.286. The van der Waals surface area contributed by atoms with Gasteiger partial charge in [-0.15, -0.1) is 0 Å². The van der Waals surface area contributed by atoms with Crippen LogP contribution in [0.4, 0.5) is 21.9 Å². The van der Waals surface area contributed by atoms with Crippen molar-refractivity contribution in [3.63, 3.8) is 0 Å². The van der Waals surface area contributed by atoms with Crippen molar-refractivity contribution in [2.45, 2.75) is 26.3 Å². The van der Waals surface area contributed by atoms with Gasteiger partial charge in [0.1, 0.15) is 11.5 Å². The predicted octanol–water partition coefficient (Wildman–Crippen LogP) is 5.19. The molecule has 3 aromatic carbocycles. The Hall–Kier alpha value is -4.20. The van der Waals surface area contributed by atoms with Crippen molar-refractivity contribution >= 4 is 29.0 Å². The van der Waals surface area contributed by atoms with E-state index in [9.17, 15) is 9.59 Å². The van der Waals surface area contributed by atoms with Gasteiger partial charge < -0.3 is 30.3 Å². The Labute approximate surface area is 211 Å². The number of nitrogens with one attached hydrogen (secondary N) is 3. The van der Waals surface area contributed by atoms with E-state index in [4.69, 9.17) is 9.47 Å². The van der Waals surface area contributed by atoms with Gasteiger partial charge in [0, 0.05) is 25.2 Å². The van der Waals surface area contributed by atoms with Crippen LogP contribution < -0.4 is 30.3 Å². The van der Waals surface area contributed by atoms with Gasteiger partial charge in [0.05, 0.1) is 31.3 Å². The summed E-state index contributed by atoms with van der Waals surface area (Å²) in [4.78, 5) is 28.1. The quantitative estimate of drug-likeness (QED) is 0.406. The number of rotatable bonds is 8. The van der Waals surface area contributed by atoms with Gasteiger partial charge in [-0.3, -0.25) is 4.79 Å². The number of carbonyl (C=O) groups is 2. The first-order valence-corrected chi connectivity index (χ1v) is 12.0. The predicted molar refractivity (Wildman–Crippen MR) is 142 cm³/mol. The smallest absolute Gasteiger partial charge is 0.323 e. The Morgan fingerprint density at radius 1 is 0.889 bits per heavy atom. The monoisotopic (exact) mass is 488 g/mol. The molecule has 1 aliphatic heterocycles. The van der Waals surface area contributed by atoms with Crippen LogP contribution in [0.3, 0.4) is 0 Å². The second-order valence-electron chi connectivity index (χ2n) is 8.74. The average molecular weight is 489 g/mol. The van der Waals surface area contributed by atoms with E-state index in [0.29, 0.717) is 29.2 Å². The summed E-state index contributed by atoms with van der Waals surface area (Å²) >= 11 is 0. The topological polar surface area (TPSA) is 91.9 Å². The van der Waals surface area contributed by atoms with Gasteiger partial charge in [0.25, 0.3) is 5.91 Å². The standard InChI is InChI=1S/C28H32N4O4/c1-19-9-12-26(36-3)24(15-19)31-28(34)30-23-17-21(10-11-25(23)32-13-4-5-14-32)27(33)29-18-20-7-6-8-22(16-20)35-2/h6-12,15-17H,4-5,13-14,18H2,1-3H3,(H,29,33)(H2,30,31,34). The van der Waals surface area contributed by atoms with E-state index >= 15 is 0 Å². The minimum absolute atomic E-state index is 0.227. The van der Waals surface area contributed by atoms with Crippen LogP contribution >= 0.6 is 0 Å². The summed E-state index contributed by atoms with van der Waals surface area (Å²) in [7, 11) is 3.17. The highest BCUT2D eigenvalue weighted by Gasteiger charge is 2.19. The summed E-state index contributed by atoms with van der Waals surface area (Å²) < 4.78 is 10.6. The number of hydrogen-bond acceptors (Lipinski definition) is 5. The number of benzene rings is 3. The maximum atomic E-state index is 13.0. The summed E-state index contributed by atoms with van der Waals surface area (Å²) in [6.07, 6.45) is 2.18. The van der Waals surface area contributed by atoms with Crippen LogP contribution in [0, 0.1) is 6.92 Å². The van der Waals surface area contributed by atoms with Gasteiger partial charge in [-0.05, 0) is 73.4 Å². The van der Waals surface area contributed by atoms with Crippen LogP contribution in [0.2, 0.25) is 0 Å². The van der Waals surface area contributed by atoms with E-state index in [1.165, 1.54) is 0 Å². The minimum Gasteiger partial charge on any atom is -0.497 e. The van der Waals surface area contributed by atoms with Gasteiger partial charge in [-0.1, -0.05) is 18.2 Å². The lowest BCUT2D eigenvalue weighted by molar-refractivity contribution is 0.0951. The first-order chi connectivity index (χ1) is 17.5. The molecule has 0 atom stereocenters. The summed E-state index contributed by atoms with van der Waals surface area (Å²) in [5, 5.41) is 8.76. The Morgan fingerprint density at radius 3 is 2.42 bits per heavy atom. The van der Waals surface area contributed by atoms with Crippen molar-refractivity contribution in [1.82, 2.24) is 5.32 Å². The van der Waals surface area contributed by atoms with Crippen LogP contribution in [0.25, 0.3) is 0 Å². The van der Waals surface area contributed by atoms with Gasteiger partial charge >= 0.3 is 6.03 Å². The van der Waals surface area contributed by atoms with Crippen molar-refractivity contribution in [3.8, 4) is 11.5 Å². The molecule has 1 aliphatic rings. The van der Waals surface area contributed by atoms with E-state index in [1.54, 1.807) is 26.4 Å². The molecule has 3 N–H and O–H groups in total. The van der Waals surface area contributed by atoms with Crippen molar-refractivity contribution < 1.29 is 19.1 Å². The maximum Gasteiger partial charge on any atom is 0.323 e. The Kier molecular flexibility index (Phi) is 7.95. The first kappa shape index (κ1) is 24.9. The number of aryl methyl sites for hydroxylation is 1. The Balaban J connectivity index is 1.52. The van der Waals surface area contributed by atoms with Crippen molar-refractivity contribution in [2.24, 2.45) is 0 Å². The third-order valence-corrected chi connectivity index (χ3v) is 6.14. The molecule has 0 unspecified atom stereocenters. The van der Waals surface area contributed by atoms with Crippen molar-refractivity contribution in [2.75, 3.05) is 42.8 Å². The molecule has 0 spiro atoms. The van der Waals surface area contributed by atoms with Crippen LogP contribution in [0.15, 0.2) is 60.7 Å². The zero-order valence-corrected chi connectivity index (χ0v) is 20.9.